The Bertz CT molecular complexity index is 1340. The highest BCUT2D eigenvalue weighted by Crippen LogP contribution is 2.29. The molecule has 1 fully saturated rings. The lowest BCUT2D eigenvalue weighted by atomic mass is 10.0. The highest BCUT2D eigenvalue weighted by molar-refractivity contribution is 5.98. The SMILES string of the molecule is Cn1cc(-n2ccc3nc(Cc4ccc5c(c4)C(=O)NC5)nc(O[C@H]4CCOC4)c32)cn1. The fourth-order valence-electron chi connectivity index (χ4n) is 4.28. The van der Waals surface area contributed by atoms with Crippen LogP contribution < -0.4 is 10.1 Å². The molecule has 1 amide bonds. The van der Waals surface area contributed by atoms with Gasteiger partial charge in [0.2, 0.25) is 5.88 Å². The fraction of sp³-hybridized carbons (Fsp3) is 0.304. The minimum Gasteiger partial charge on any atom is -0.470 e. The van der Waals surface area contributed by atoms with Crippen molar-refractivity contribution in [2.75, 3.05) is 13.2 Å². The Labute approximate surface area is 184 Å². The van der Waals surface area contributed by atoms with E-state index in [4.69, 9.17) is 19.4 Å². The zero-order valence-electron chi connectivity index (χ0n) is 17.6. The van der Waals surface area contributed by atoms with E-state index in [1.165, 1.54) is 0 Å². The Kier molecular flexibility index (Phi) is 4.43. The number of aromatic nitrogens is 5. The Morgan fingerprint density at radius 3 is 3.03 bits per heavy atom. The summed E-state index contributed by atoms with van der Waals surface area (Å²) in [6, 6.07) is 7.91. The third-order valence-corrected chi connectivity index (χ3v) is 5.90. The second-order valence-electron chi connectivity index (χ2n) is 8.19. The lowest BCUT2D eigenvalue weighted by molar-refractivity contribution is 0.0965. The van der Waals surface area contributed by atoms with E-state index < -0.39 is 0 Å². The van der Waals surface area contributed by atoms with E-state index in [0.717, 1.165) is 39.8 Å². The van der Waals surface area contributed by atoms with Crippen molar-refractivity contribution in [2.45, 2.75) is 25.5 Å². The molecule has 1 aromatic carbocycles. The molecule has 0 bridgehead atoms. The van der Waals surface area contributed by atoms with E-state index >= 15 is 0 Å². The van der Waals surface area contributed by atoms with E-state index in [2.05, 4.69) is 10.4 Å². The highest BCUT2D eigenvalue weighted by Gasteiger charge is 2.23. The predicted octanol–water partition coefficient (Wildman–Crippen LogP) is 2.16. The largest absolute Gasteiger partial charge is 0.470 e. The first-order valence-electron chi connectivity index (χ1n) is 10.7. The number of carbonyl (C=O) groups excluding carboxylic acids is 1. The molecule has 9 nitrogen and oxygen atoms in total. The smallest absolute Gasteiger partial charge is 0.251 e. The van der Waals surface area contributed by atoms with Gasteiger partial charge in [-0.3, -0.25) is 9.48 Å². The van der Waals surface area contributed by atoms with E-state index in [1.54, 1.807) is 10.9 Å². The van der Waals surface area contributed by atoms with Gasteiger partial charge >= 0.3 is 0 Å². The number of carbonyl (C=O) groups is 1. The zero-order chi connectivity index (χ0) is 21.7. The number of rotatable bonds is 5. The number of nitrogens with zero attached hydrogens (tertiary/aromatic N) is 5. The van der Waals surface area contributed by atoms with Gasteiger partial charge in [0.1, 0.15) is 17.4 Å². The first-order valence-corrected chi connectivity index (χ1v) is 10.7. The number of ether oxygens (including phenoxy) is 2. The second kappa shape index (κ2) is 7.45. The fourth-order valence-corrected chi connectivity index (χ4v) is 4.28. The van der Waals surface area contributed by atoms with Crippen molar-refractivity contribution in [2.24, 2.45) is 7.05 Å². The average Bonchev–Trinajstić information content (AvgIpc) is 3.57. The molecular formula is C23H22N6O3. The van der Waals surface area contributed by atoms with Crippen LogP contribution in [0.4, 0.5) is 0 Å². The Balaban J connectivity index is 1.41. The second-order valence-corrected chi connectivity index (χ2v) is 8.19. The number of hydrogen-bond acceptors (Lipinski definition) is 6. The molecule has 2 aliphatic heterocycles. The lowest BCUT2D eigenvalue weighted by Crippen LogP contribution is -2.18. The third-order valence-electron chi connectivity index (χ3n) is 5.90. The van der Waals surface area contributed by atoms with Crippen LogP contribution in [-0.4, -0.2) is 49.5 Å². The van der Waals surface area contributed by atoms with Crippen LogP contribution in [0.15, 0.2) is 42.9 Å². The van der Waals surface area contributed by atoms with Crippen molar-refractivity contribution < 1.29 is 14.3 Å². The monoisotopic (exact) mass is 430 g/mol. The topological polar surface area (TPSA) is 96.1 Å². The van der Waals surface area contributed by atoms with Gasteiger partial charge in [-0.25, -0.2) is 4.98 Å². The van der Waals surface area contributed by atoms with Crippen molar-refractivity contribution in [3.63, 3.8) is 0 Å². The molecule has 0 spiro atoms. The normalized spacial score (nSPS) is 17.7. The van der Waals surface area contributed by atoms with Gasteiger partial charge in [0.05, 0.1) is 30.6 Å². The molecule has 1 N–H and O–H groups in total. The summed E-state index contributed by atoms with van der Waals surface area (Å²) in [4.78, 5) is 21.6. The number of fused-ring (bicyclic) bond motifs is 2. The maximum Gasteiger partial charge on any atom is 0.251 e. The lowest BCUT2D eigenvalue weighted by Gasteiger charge is -2.14. The van der Waals surface area contributed by atoms with Crippen molar-refractivity contribution in [1.29, 1.82) is 0 Å². The van der Waals surface area contributed by atoms with Crippen LogP contribution in [0.3, 0.4) is 0 Å². The predicted molar refractivity (Wildman–Crippen MR) is 116 cm³/mol. The summed E-state index contributed by atoms with van der Waals surface area (Å²) in [5, 5.41) is 7.14. The van der Waals surface area contributed by atoms with Crippen LogP contribution in [-0.2, 0) is 24.8 Å². The Morgan fingerprint density at radius 2 is 2.22 bits per heavy atom. The molecule has 3 aromatic heterocycles. The molecule has 0 aliphatic carbocycles. The summed E-state index contributed by atoms with van der Waals surface area (Å²) in [5.74, 6) is 1.15. The van der Waals surface area contributed by atoms with Gasteiger partial charge in [-0.05, 0) is 23.3 Å². The van der Waals surface area contributed by atoms with Gasteiger partial charge in [-0.1, -0.05) is 12.1 Å². The number of hydrogen-bond donors (Lipinski definition) is 1. The Morgan fingerprint density at radius 1 is 1.28 bits per heavy atom. The quantitative estimate of drug-likeness (QED) is 0.521. The van der Waals surface area contributed by atoms with Gasteiger partial charge in [0.15, 0.2) is 0 Å². The average molecular weight is 430 g/mol. The van der Waals surface area contributed by atoms with Crippen LogP contribution in [0, 0.1) is 0 Å². The van der Waals surface area contributed by atoms with Crippen LogP contribution in [0.5, 0.6) is 5.88 Å². The van der Waals surface area contributed by atoms with Crippen LogP contribution in [0.2, 0.25) is 0 Å². The maximum atomic E-state index is 12.0. The molecule has 5 heterocycles. The highest BCUT2D eigenvalue weighted by atomic mass is 16.5. The van der Waals surface area contributed by atoms with E-state index in [9.17, 15) is 4.79 Å². The maximum absolute atomic E-state index is 12.0. The molecule has 1 atom stereocenters. The molecule has 2 aliphatic rings. The first-order chi connectivity index (χ1) is 15.6. The minimum absolute atomic E-state index is 0.0305. The van der Waals surface area contributed by atoms with Crippen molar-refractivity contribution in [3.05, 3.63) is 65.4 Å². The Hall–Kier alpha value is -3.72. The van der Waals surface area contributed by atoms with E-state index in [-0.39, 0.29) is 12.0 Å². The van der Waals surface area contributed by atoms with Gasteiger partial charge in [-0.15, -0.1) is 0 Å². The van der Waals surface area contributed by atoms with Gasteiger partial charge in [0.25, 0.3) is 5.91 Å². The van der Waals surface area contributed by atoms with Crippen molar-refractivity contribution in [1.82, 2.24) is 29.6 Å². The molecule has 0 unspecified atom stereocenters. The standard InChI is InChI=1S/C23H22N6O3/c1-28-12-16(11-25-28)29-6-4-19-21(29)23(32-17-5-7-31-13-17)27-20(26-19)9-14-2-3-15-10-24-22(30)18(15)8-14/h2-4,6,8,11-12,17H,5,7,9-10,13H2,1H3,(H,24,30)/t17-/m0/s1. The van der Waals surface area contributed by atoms with Gasteiger partial charge < -0.3 is 19.4 Å². The first kappa shape index (κ1) is 19.0. The summed E-state index contributed by atoms with van der Waals surface area (Å²) in [6.07, 6.45) is 6.98. The van der Waals surface area contributed by atoms with Crippen LogP contribution >= 0.6 is 0 Å². The van der Waals surface area contributed by atoms with E-state index in [1.807, 2.05) is 48.3 Å². The van der Waals surface area contributed by atoms with Crippen LogP contribution in [0.25, 0.3) is 16.7 Å². The third kappa shape index (κ3) is 3.31. The molecular weight excluding hydrogens is 408 g/mol. The molecule has 1 saturated heterocycles. The minimum atomic E-state index is -0.0399. The molecule has 162 valence electrons. The number of benzene rings is 1. The number of nitrogens with one attached hydrogen (secondary N) is 1. The van der Waals surface area contributed by atoms with Crippen molar-refractivity contribution in [3.8, 4) is 11.6 Å². The number of amides is 1. The van der Waals surface area contributed by atoms with Crippen molar-refractivity contribution >= 4 is 16.9 Å². The number of aryl methyl sites for hydroxylation is 1. The van der Waals surface area contributed by atoms with Gasteiger partial charge in [0, 0.05) is 44.4 Å². The van der Waals surface area contributed by atoms with E-state index in [0.29, 0.717) is 37.9 Å². The summed E-state index contributed by atoms with van der Waals surface area (Å²) in [6.45, 7) is 1.82. The van der Waals surface area contributed by atoms with Gasteiger partial charge in [-0.2, -0.15) is 10.1 Å². The van der Waals surface area contributed by atoms with Crippen LogP contribution in [0.1, 0.15) is 33.7 Å². The zero-order valence-corrected chi connectivity index (χ0v) is 17.6. The molecule has 4 aromatic rings. The molecule has 0 radical (unpaired) electrons. The summed E-state index contributed by atoms with van der Waals surface area (Å²) >= 11 is 0. The summed E-state index contributed by atoms with van der Waals surface area (Å²) in [5.41, 5.74) is 5.26. The molecule has 6 rings (SSSR count). The summed E-state index contributed by atoms with van der Waals surface area (Å²) in [7, 11) is 1.88. The molecule has 32 heavy (non-hydrogen) atoms. The summed E-state index contributed by atoms with van der Waals surface area (Å²) < 4.78 is 15.5. The molecule has 9 heteroatoms. The molecule has 0 saturated carbocycles.